The van der Waals surface area contributed by atoms with Gasteiger partial charge in [0, 0.05) is 12.4 Å². The fourth-order valence-electron chi connectivity index (χ4n) is 1.08. The molecule has 0 aromatic heterocycles. The molecule has 1 aromatic rings. The average molecular weight is 199 g/mol. The second kappa shape index (κ2) is 5.97. The quantitative estimate of drug-likeness (QED) is 0.651. The van der Waals surface area contributed by atoms with Gasteiger partial charge in [0.2, 0.25) is 0 Å². The Balaban J connectivity index is 2.57. The molecule has 0 atom stereocenters. The lowest BCUT2D eigenvalue weighted by molar-refractivity contribution is 0.829. The van der Waals surface area contributed by atoms with E-state index >= 15 is 0 Å². The maximum absolute atomic E-state index is 4.18. The molecule has 0 bridgehead atoms. The molecule has 0 unspecified atom stereocenters. The van der Waals surface area contributed by atoms with Crippen molar-refractivity contribution in [2.75, 3.05) is 0 Å². The van der Waals surface area contributed by atoms with Gasteiger partial charge in [0.25, 0.3) is 0 Å². The van der Waals surface area contributed by atoms with Crippen LogP contribution in [0.3, 0.4) is 0 Å². The molecular formula is C14H17N. The third-order valence-electron chi connectivity index (χ3n) is 1.93. The molecule has 1 aromatic carbocycles. The summed E-state index contributed by atoms with van der Waals surface area (Å²) >= 11 is 0. The second-order valence-electron chi connectivity index (χ2n) is 3.75. The number of hydrogen-bond donors (Lipinski definition) is 0. The van der Waals surface area contributed by atoms with Crippen LogP contribution in [0.1, 0.15) is 19.4 Å². The molecule has 0 amide bonds. The van der Waals surface area contributed by atoms with Gasteiger partial charge in [-0.3, -0.25) is 4.99 Å². The highest BCUT2D eigenvalue weighted by molar-refractivity contribution is 6.08. The summed E-state index contributed by atoms with van der Waals surface area (Å²) in [4.78, 5) is 4.18. The summed E-state index contributed by atoms with van der Waals surface area (Å²) in [7, 11) is 0. The summed E-state index contributed by atoms with van der Waals surface area (Å²) in [5.74, 6) is 0.534. The fraction of sp³-hybridized carbons (Fsp3) is 0.214. The Hall–Kier alpha value is -1.63. The third kappa shape index (κ3) is 4.41. The zero-order valence-corrected chi connectivity index (χ0v) is 9.35. The average Bonchev–Trinajstić information content (AvgIpc) is 2.25. The molecule has 0 spiro atoms. The fourth-order valence-corrected chi connectivity index (χ4v) is 1.08. The Labute approximate surface area is 91.9 Å². The third-order valence-corrected chi connectivity index (χ3v) is 1.93. The van der Waals surface area contributed by atoms with Gasteiger partial charge in [-0.25, -0.2) is 0 Å². The molecule has 0 saturated heterocycles. The molecule has 0 aliphatic heterocycles. The smallest absolute Gasteiger partial charge is 0.0340 e. The van der Waals surface area contributed by atoms with E-state index in [0.717, 1.165) is 11.1 Å². The van der Waals surface area contributed by atoms with E-state index in [1.165, 1.54) is 0 Å². The molecule has 0 aliphatic rings. The van der Waals surface area contributed by atoms with Gasteiger partial charge >= 0.3 is 0 Å². The lowest BCUT2D eigenvalue weighted by atomic mass is 10.1. The van der Waals surface area contributed by atoms with Crippen LogP contribution in [-0.4, -0.2) is 6.21 Å². The minimum absolute atomic E-state index is 0.534. The number of nitrogens with zero attached hydrogens (tertiary/aromatic N) is 1. The minimum atomic E-state index is 0.534. The largest absolute Gasteiger partial charge is 0.264 e. The molecule has 15 heavy (non-hydrogen) atoms. The van der Waals surface area contributed by atoms with Crippen LogP contribution in [0.25, 0.3) is 5.57 Å². The van der Waals surface area contributed by atoms with E-state index < -0.39 is 0 Å². The Kier molecular flexibility index (Phi) is 4.55. The summed E-state index contributed by atoms with van der Waals surface area (Å²) in [5.41, 5.74) is 2.04. The van der Waals surface area contributed by atoms with Crippen LogP contribution >= 0.6 is 0 Å². The van der Waals surface area contributed by atoms with E-state index in [1.807, 2.05) is 36.5 Å². The van der Waals surface area contributed by atoms with Crippen LogP contribution in [0.5, 0.6) is 0 Å². The summed E-state index contributed by atoms with van der Waals surface area (Å²) < 4.78 is 0. The molecule has 0 fully saturated rings. The van der Waals surface area contributed by atoms with Crippen molar-refractivity contribution in [2.45, 2.75) is 13.8 Å². The van der Waals surface area contributed by atoms with Gasteiger partial charge in [-0.15, -0.1) is 0 Å². The van der Waals surface area contributed by atoms with Gasteiger partial charge in [-0.05, 0) is 17.1 Å². The minimum Gasteiger partial charge on any atom is -0.264 e. The van der Waals surface area contributed by atoms with Crippen LogP contribution in [-0.2, 0) is 0 Å². The Morgan fingerprint density at radius 2 is 1.93 bits per heavy atom. The lowest BCUT2D eigenvalue weighted by Crippen LogP contribution is -1.82. The molecule has 78 valence electrons. The van der Waals surface area contributed by atoms with Gasteiger partial charge in [0.1, 0.15) is 0 Å². The normalized spacial score (nSPS) is 11.7. The molecule has 0 saturated carbocycles. The Morgan fingerprint density at radius 1 is 1.27 bits per heavy atom. The van der Waals surface area contributed by atoms with Gasteiger partial charge in [0.15, 0.2) is 0 Å². The number of hydrogen-bond acceptors (Lipinski definition) is 1. The van der Waals surface area contributed by atoms with E-state index in [0.29, 0.717) is 5.92 Å². The first-order valence-corrected chi connectivity index (χ1v) is 5.14. The van der Waals surface area contributed by atoms with E-state index in [2.05, 4.69) is 31.5 Å². The molecule has 0 aliphatic carbocycles. The van der Waals surface area contributed by atoms with Crippen LogP contribution in [0.4, 0.5) is 0 Å². The van der Waals surface area contributed by atoms with Crippen LogP contribution < -0.4 is 0 Å². The number of rotatable bonds is 4. The predicted molar refractivity (Wildman–Crippen MR) is 67.9 cm³/mol. The van der Waals surface area contributed by atoms with Crippen LogP contribution in [0.2, 0.25) is 0 Å². The first kappa shape index (κ1) is 11.4. The van der Waals surface area contributed by atoms with Gasteiger partial charge in [-0.1, -0.05) is 56.8 Å². The maximum atomic E-state index is 4.18. The van der Waals surface area contributed by atoms with E-state index in [1.54, 1.807) is 6.21 Å². The molecule has 0 heterocycles. The summed E-state index contributed by atoms with van der Waals surface area (Å²) in [5, 5.41) is 0. The monoisotopic (exact) mass is 199 g/mol. The summed E-state index contributed by atoms with van der Waals surface area (Å²) in [6.45, 7) is 8.20. The Morgan fingerprint density at radius 3 is 2.53 bits per heavy atom. The van der Waals surface area contributed by atoms with Crippen molar-refractivity contribution in [1.82, 2.24) is 0 Å². The molecular weight excluding hydrogens is 182 g/mol. The molecule has 0 N–H and O–H groups in total. The van der Waals surface area contributed by atoms with E-state index in [-0.39, 0.29) is 0 Å². The van der Waals surface area contributed by atoms with E-state index in [9.17, 15) is 0 Å². The van der Waals surface area contributed by atoms with Crippen molar-refractivity contribution >= 4 is 11.8 Å². The highest BCUT2D eigenvalue weighted by atomic mass is 14.7. The number of allylic oxidation sites excluding steroid dienone is 2. The SMILES string of the molecule is C=C(C=N/C=C\C(C)C)c1ccccc1. The summed E-state index contributed by atoms with van der Waals surface area (Å²) in [6, 6.07) is 10.0. The predicted octanol–water partition coefficient (Wildman–Crippen LogP) is 3.94. The van der Waals surface area contributed by atoms with Crippen molar-refractivity contribution in [3.05, 3.63) is 54.8 Å². The zero-order chi connectivity index (χ0) is 11.1. The van der Waals surface area contributed by atoms with Gasteiger partial charge in [-0.2, -0.15) is 0 Å². The van der Waals surface area contributed by atoms with Crippen molar-refractivity contribution < 1.29 is 0 Å². The zero-order valence-electron chi connectivity index (χ0n) is 9.35. The van der Waals surface area contributed by atoms with Crippen molar-refractivity contribution in [2.24, 2.45) is 10.9 Å². The van der Waals surface area contributed by atoms with Gasteiger partial charge < -0.3 is 0 Å². The topological polar surface area (TPSA) is 12.4 Å². The summed E-state index contributed by atoms with van der Waals surface area (Å²) in [6.07, 6.45) is 5.65. The highest BCUT2D eigenvalue weighted by Gasteiger charge is 1.91. The molecule has 1 rings (SSSR count). The molecule has 1 heteroatoms. The number of benzene rings is 1. The maximum Gasteiger partial charge on any atom is 0.0340 e. The van der Waals surface area contributed by atoms with E-state index in [4.69, 9.17) is 0 Å². The standard InChI is InChI=1S/C14H17N/c1-12(2)9-10-15-11-13(3)14-7-5-4-6-8-14/h4-12H,3H2,1-2H3/b10-9-,15-11?. The second-order valence-corrected chi connectivity index (χ2v) is 3.75. The number of aliphatic imine (C=N–C) groups is 1. The van der Waals surface area contributed by atoms with Crippen molar-refractivity contribution in [3.8, 4) is 0 Å². The molecule has 0 radical (unpaired) electrons. The van der Waals surface area contributed by atoms with Gasteiger partial charge in [0.05, 0.1) is 0 Å². The van der Waals surface area contributed by atoms with Crippen molar-refractivity contribution in [1.29, 1.82) is 0 Å². The first-order chi connectivity index (χ1) is 7.20. The molecule has 1 nitrogen and oxygen atoms in total. The Bertz CT molecular complexity index is 358. The lowest BCUT2D eigenvalue weighted by Gasteiger charge is -1.97. The van der Waals surface area contributed by atoms with Crippen molar-refractivity contribution in [3.63, 3.8) is 0 Å². The highest BCUT2D eigenvalue weighted by Crippen LogP contribution is 2.08. The first-order valence-electron chi connectivity index (χ1n) is 5.14. The van der Waals surface area contributed by atoms with Crippen LogP contribution in [0, 0.1) is 5.92 Å². The van der Waals surface area contributed by atoms with Crippen LogP contribution in [0.15, 0.2) is 54.2 Å².